The molecule has 0 saturated heterocycles. The summed E-state index contributed by atoms with van der Waals surface area (Å²) in [5, 5.41) is 3.04. The van der Waals surface area contributed by atoms with Gasteiger partial charge in [0, 0.05) is 5.56 Å². The maximum Gasteiger partial charge on any atom is 0.252 e. The van der Waals surface area contributed by atoms with Crippen molar-refractivity contribution in [2.75, 3.05) is 0 Å². The molecular weight excluding hydrogens is 210 g/mol. The average Bonchev–Trinajstić information content (AvgIpc) is 2.68. The Morgan fingerprint density at radius 3 is 2.35 bits per heavy atom. The lowest BCUT2D eigenvalue weighted by Crippen LogP contribution is -2.20. The zero-order valence-corrected chi connectivity index (χ0v) is 9.60. The second-order valence-corrected chi connectivity index (χ2v) is 4.35. The molecule has 1 heterocycles. The molecule has 1 atom stereocenters. The van der Waals surface area contributed by atoms with E-state index in [0.29, 0.717) is 0 Å². The number of nitrogens with one attached hydrogen (secondary N) is 1. The monoisotopic (exact) mass is 223 g/mol. The third kappa shape index (κ3) is 1.53. The summed E-state index contributed by atoms with van der Waals surface area (Å²) in [6.07, 6.45) is 0. The first kappa shape index (κ1) is 10.1. The summed E-state index contributed by atoms with van der Waals surface area (Å²) in [4.78, 5) is 11.8. The van der Waals surface area contributed by atoms with E-state index in [-0.39, 0.29) is 11.9 Å². The number of benzene rings is 2. The van der Waals surface area contributed by atoms with Gasteiger partial charge in [0.05, 0.1) is 6.04 Å². The normalized spacial score (nSPS) is 17.7. The molecule has 1 N–H and O–H groups in total. The van der Waals surface area contributed by atoms with Gasteiger partial charge in [-0.15, -0.1) is 0 Å². The fraction of sp³-hybridized carbons (Fsp3) is 0.133. The summed E-state index contributed by atoms with van der Waals surface area (Å²) in [6.45, 7) is 2.07. The predicted molar refractivity (Wildman–Crippen MR) is 66.9 cm³/mol. The van der Waals surface area contributed by atoms with Gasteiger partial charge in [0.2, 0.25) is 0 Å². The van der Waals surface area contributed by atoms with E-state index < -0.39 is 0 Å². The molecule has 0 fully saturated rings. The van der Waals surface area contributed by atoms with Crippen LogP contribution in [0, 0.1) is 6.92 Å². The predicted octanol–water partition coefficient (Wildman–Crippen LogP) is 2.83. The van der Waals surface area contributed by atoms with Crippen LogP contribution in [-0.4, -0.2) is 5.91 Å². The molecule has 1 amide bonds. The third-order valence-electron chi connectivity index (χ3n) is 3.29. The van der Waals surface area contributed by atoms with E-state index in [0.717, 1.165) is 11.1 Å². The SMILES string of the molecule is Cc1ccccc1C1NC(=O)c2ccccc21. The highest BCUT2D eigenvalue weighted by molar-refractivity contribution is 5.99. The van der Waals surface area contributed by atoms with Gasteiger partial charge in [-0.1, -0.05) is 42.5 Å². The number of rotatable bonds is 1. The van der Waals surface area contributed by atoms with E-state index in [1.54, 1.807) is 0 Å². The first-order valence-corrected chi connectivity index (χ1v) is 5.72. The van der Waals surface area contributed by atoms with Crippen LogP contribution in [0.1, 0.15) is 33.1 Å². The molecule has 2 aromatic rings. The van der Waals surface area contributed by atoms with E-state index in [4.69, 9.17) is 0 Å². The standard InChI is InChI=1S/C15H13NO/c1-10-6-2-3-7-11(10)14-12-8-4-5-9-13(12)15(17)16-14/h2-9,14H,1H3,(H,16,17). The summed E-state index contributed by atoms with van der Waals surface area (Å²) in [5.74, 6) is 0.0221. The molecule has 2 nitrogen and oxygen atoms in total. The van der Waals surface area contributed by atoms with Crippen molar-refractivity contribution in [3.05, 3.63) is 70.8 Å². The van der Waals surface area contributed by atoms with Crippen molar-refractivity contribution >= 4 is 5.91 Å². The molecule has 2 aromatic carbocycles. The van der Waals surface area contributed by atoms with Crippen LogP contribution >= 0.6 is 0 Å². The Morgan fingerprint density at radius 2 is 1.59 bits per heavy atom. The molecule has 0 aromatic heterocycles. The Bertz CT molecular complexity index is 589. The smallest absolute Gasteiger partial charge is 0.252 e. The van der Waals surface area contributed by atoms with Crippen LogP contribution in [0.4, 0.5) is 0 Å². The molecule has 1 unspecified atom stereocenters. The van der Waals surface area contributed by atoms with Crippen molar-refractivity contribution in [2.24, 2.45) is 0 Å². The van der Waals surface area contributed by atoms with E-state index in [1.165, 1.54) is 11.1 Å². The molecule has 1 aliphatic heterocycles. The van der Waals surface area contributed by atoms with E-state index in [9.17, 15) is 4.79 Å². The number of carbonyl (C=O) groups excluding carboxylic acids is 1. The van der Waals surface area contributed by atoms with E-state index in [1.807, 2.05) is 36.4 Å². The maximum absolute atomic E-state index is 11.8. The Balaban J connectivity index is 2.14. The molecule has 0 saturated carbocycles. The van der Waals surface area contributed by atoms with E-state index >= 15 is 0 Å². The van der Waals surface area contributed by atoms with Crippen LogP contribution in [-0.2, 0) is 0 Å². The Hall–Kier alpha value is -2.09. The Kier molecular flexibility index (Phi) is 2.22. The van der Waals surface area contributed by atoms with Crippen LogP contribution in [0.3, 0.4) is 0 Å². The minimum Gasteiger partial charge on any atom is -0.341 e. The minimum absolute atomic E-state index is 0.0000926. The molecule has 0 bridgehead atoms. The average molecular weight is 223 g/mol. The second-order valence-electron chi connectivity index (χ2n) is 4.35. The lowest BCUT2D eigenvalue weighted by atomic mass is 9.95. The topological polar surface area (TPSA) is 29.1 Å². The number of fused-ring (bicyclic) bond motifs is 1. The van der Waals surface area contributed by atoms with Crippen molar-refractivity contribution in [1.82, 2.24) is 5.32 Å². The van der Waals surface area contributed by atoms with Crippen molar-refractivity contribution in [3.63, 3.8) is 0 Å². The summed E-state index contributed by atoms with van der Waals surface area (Å²) in [6, 6.07) is 15.9. The Morgan fingerprint density at radius 1 is 0.941 bits per heavy atom. The zero-order valence-electron chi connectivity index (χ0n) is 9.60. The van der Waals surface area contributed by atoms with Crippen molar-refractivity contribution in [2.45, 2.75) is 13.0 Å². The van der Waals surface area contributed by atoms with Gasteiger partial charge < -0.3 is 5.32 Å². The zero-order chi connectivity index (χ0) is 11.8. The fourth-order valence-corrected chi connectivity index (χ4v) is 2.40. The Labute approximate surface area is 100 Å². The van der Waals surface area contributed by atoms with Crippen LogP contribution < -0.4 is 5.32 Å². The first-order valence-electron chi connectivity index (χ1n) is 5.72. The molecular formula is C15H13NO. The van der Waals surface area contributed by atoms with Crippen LogP contribution in [0.25, 0.3) is 0 Å². The number of carbonyl (C=O) groups is 1. The van der Waals surface area contributed by atoms with Gasteiger partial charge in [0.1, 0.15) is 0 Å². The van der Waals surface area contributed by atoms with Crippen LogP contribution in [0.15, 0.2) is 48.5 Å². The lowest BCUT2D eigenvalue weighted by molar-refractivity contribution is 0.0960. The number of hydrogen-bond donors (Lipinski definition) is 1. The quantitative estimate of drug-likeness (QED) is 0.791. The van der Waals surface area contributed by atoms with Crippen LogP contribution in [0.5, 0.6) is 0 Å². The molecule has 0 spiro atoms. The van der Waals surface area contributed by atoms with Gasteiger partial charge in [-0.25, -0.2) is 0 Å². The maximum atomic E-state index is 11.8. The molecule has 17 heavy (non-hydrogen) atoms. The van der Waals surface area contributed by atoms with Crippen molar-refractivity contribution < 1.29 is 4.79 Å². The van der Waals surface area contributed by atoms with E-state index in [2.05, 4.69) is 24.4 Å². The largest absolute Gasteiger partial charge is 0.341 e. The highest BCUT2D eigenvalue weighted by atomic mass is 16.2. The summed E-state index contributed by atoms with van der Waals surface area (Å²) in [5.41, 5.74) is 4.24. The summed E-state index contributed by atoms with van der Waals surface area (Å²) in [7, 11) is 0. The molecule has 0 aliphatic carbocycles. The second kappa shape index (κ2) is 3.74. The molecule has 0 radical (unpaired) electrons. The van der Waals surface area contributed by atoms with Gasteiger partial charge in [-0.3, -0.25) is 4.79 Å². The molecule has 3 rings (SSSR count). The molecule has 84 valence electrons. The lowest BCUT2D eigenvalue weighted by Gasteiger charge is -2.14. The van der Waals surface area contributed by atoms with Crippen LogP contribution in [0.2, 0.25) is 0 Å². The van der Waals surface area contributed by atoms with Gasteiger partial charge in [0.15, 0.2) is 0 Å². The van der Waals surface area contributed by atoms with Crippen molar-refractivity contribution in [1.29, 1.82) is 0 Å². The number of aryl methyl sites for hydroxylation is 1. The fourth-order valence-electron chi connectivity index (χ4n) is 2.40. The van der Waals surface area contributed by atoms with Gasteiger partial charge in [-0.2, -0.15) is 0 Å². The van der Waals surface area contributed by atoms with Gasteiger partial charge in [-0.05, 0) is 29.7 Å². The number of amides is 1. The summed E-state index contributed by atoms with van der Waals surface area (Å²) < 4.78 is 0. The van der Waals surface area contributed by atoms with Gasteiger partial charge >= 0.3 is 0 Å². The van der Waals surface area contributed by atoms with Crippen molar-refractivity contribution in [3.8, 4) is 0 Å². The molecule has 2 heteroatoms. The highest BCUT2D eigenvalue weighted by Crippen LogP contribution is 2.31. The minimum atomic E-state index is -0.0000926. The number of hydrogen-bond acceptors (Lipinski definition) is 1. The van der Waals surface area contributed by atoms with Gasteiger partial charge in [0.25, 0.3) is 5.91 Å². The summed E-state index contributed by atoms with van der Waals surface area (Å²) >= 11 is 0. The first-order chi connectivity index (χ1) is 8.27. The molecule has 1 aliphatic rings. The highest BCUT2D eigenvalue weighted by Gasteiger charge is 2.29. The third-order valence-corrected chi connectivity index (χ3v) is 3.29.